The third-order valence-electron chi connectivity index (χ3n) is 3.69. The maximum absolute atomic E-state index is 13.0. The molecular formula is C18H15Cl2NO. The van der Waals surface area contributed by atoms with Crippen molar-refractivity contribution in [3.8, 4) is 5.69 Å². The molecule has 0 aliphatic rings. The van der Waals surface area contributed by atoms with Crippen molar-refractivity contribution >= 4 is 34.0 Å². The van der Waals surface area contributed by atoms with Gasteiger partial charge in [-0.1, -0.05) is 67.4 Å². The van der Waals surface area contributed by atoms with Crippen molar-refractivity contribution in [2.75, 3.05) is 0 Å². The highest BCUT2D eigenvalue weighted by Crippen LogP contribution is 2.33. The summed E-state index contributed by atoms with van der Waals surface area (Å²) >= 11 is 12.9. The van der Waals surface area contributed by atoms with Crippen molar-refractivity contribution in [1.82, 2.24) is 4.57 Å². The molecule has 2 nitrogen and oxygen atoms in total. The summed E-state index contributed by atoms with van der Waals surface area (Å²) in [5.74, 6) is 0.101. The standard InChI is InChI=1S/C18H15Cl2NO/c1-11(2)17-16(20)13-9-6-10-14(19)15(13)18(22)21(17)12-7-4-3-5-8-12/h3-11H,1-2H3. The first kappa shape index (κ1) is 15.1. The summed E-state index contributed by atoms with van der Waals surface area (Å²) in [4.78, 5) is 13.0. The minimum absolute atomic E-state index is 0.101. The molecule has 0 radical (unpaired) electrons. The lowest BCUT2D eigenvalue weighted by atomic mass is 10.0. The zero-order valence-electron chi connectivity index (χ0n) is 12.3. The van der Waals surface area contributed by atoms with Gasteiger partial charge in [-0.2, -0.15) is 0 Å². The van der Waals surface area contributed by atoms with Gasteiger partial charge in [0.1, 0.15) is 0 Å². The van der Waals surface area contributed by atoms with Gasteiger partial charge in [-0.25, -0.2) is 0 Å². The van der Waals surface area contributed by atoms with E-state index in [4.69, 9.17) is 23.2 Å². The minimum atomic E-state index is -0.139. The summed E-state index contributed by atoms with van der Waals surface area (Å²) < 4.78 is 1.67. The van der Waals surface area contributed by atoms with E-state index in [0.717, 1.165) is 11.4 Å². The molecule has 0 atom stereocenters. The summed E-state index contributed by atoms with van der Waals surface area (Å²) in [5.41, 5.74) is 1.45. The Balaban J connectivity index is 2.55. The van der Waals surface area contributed by atoms with E-state index >= 15 is 0 Å². The van der Waals surface area contributed by atoms with Gasteiger partial charge >= 0.3 is 0 Å². The quantitative estimate of drug-likeness (QED) is 0.614. The van der Waals surface area contributed by atoms with E-state index in [1.54, 1.807) is 10.6 Å². The molecule has 0 unspecified atom stereocenters. The van der Waals surface area contributed by atoms with Crippen molar-refractivity contribution in [3.63, 3.8) is 0 Å². The minimum Gasteiger partial charge on any atom is -0.279 e. The molecule has 2 aromatic carbocycles. The smallest absolute Gasteiger partial charge is 0.264 e. The monoisotopic (exact) mass is 331 g/mol. The fourth-order valence-corrected chi connectivity index (χ4v) is 3.44. The Morgan fingerprint density at radius 3 is 2.27 bits per heavy atom. The maximum atomic E-state index is 13.0. The Morgan fingerprint density at radius 2 is 1.64 bits per heavy atom. The Kier molecular flexibility index (Phi) is 3.98. The molecule has 0 spiro atoms. The van der Waals surface area contributed by atoms with E-state index in [2.05, 4.69) is 0 Å². The van der Waals surface area contributed by atoms with Crippen molar-refractivity contribution in [1.29, 1.82) is 0 Å². The lowest BCUT2D eigenvalue weighted by Crippen LogP contribution is -2.23. The molecule has 0 fully saturated rings. The fourth-order valence-electron chi connectivity index (χ4n) is 2.73. The predicted molar refractivity (Wildman–Crippen MR) is 93.7 cm³/mol. The average Bonchev–Trinajstić information content (AvgIpc) is 2.50. The van der Waals surface area contributed by atoms with E-state index < -0.39 is 0 Å². The van der Waals surface area contributed by atoms with Crippen LogP contribution in [0.3, 0.4) is 0 Å². The van der Waals surface area contributed by atoms with Crippen LogP contribution in [0.5, 0.6) is 0 Å². The molecule has 0 bridgehead atoms. The van der Waals surface area contributed by atoms with Crippen LogP contribution in [-0.4, -0.2) is 4.57 Å². The van der Waals surface area contributed by atoms with Crippen LogP contribution in [0.1, 0.15) is 25.5 Å². The molecule has 3 rings (SSSR count). The highest BCUT2D eigenvalue weighted by atomic mass is 35.5. The highest BCUT2D eigenvalue weighted by Gasteiger charge is 2.20. The van der Waals surface area contributed by atoms with Crippen LogP contribution in [0.25, 0.3) is 16.5 Å². The lowest BCUT2D eigenvalue weighted by Gasteiger charge is -2.19. The molecule has 3 aromatic rings. The molecule has 0 aliphatic heterocycles. The summed E-state index contributed by atoms with van der Waals surface area (Å²) in [6.45, 7) is 4.05. The number of hydrogen-bond acceptors (Lipinski definition) is 1. The molecule has 0 N–H and O–H groups in total. The number of hydrogen-bond donors (Lipinski definition) is 0. The number of rotatable bonds is 2. The van der Waals surface area contributed by atoms with Gasteiger partial charge in [0, 0.05) is 16.8 Å². The van der Waals surface area contributed by atoms with Gasteiger partial charge in [-0.15, -0.1) is 0 Å². The average molecular weight is 332 g/mol. The summed E-state index contributed by atoms with van der Waals surface area (Å²) in [5, 5.41) is 2.16. The number of para-hydroxylation sites is 1. The maximum Gasteiger partial charge on any atom is 0.264 e. The van der Waals surface area contributed by atoms with E-state index in [0.29, 0.717) is 20.8 Å². The van der Waals surface area contributed by atoms with Crippen LogP contribution in [-0.2, 0) is 0 Å². The summed E-state index contributed by atoms with van der Waals surface area (Å²) in [6.07, 6.45) is 0. The van der Waals surface area contributed by atoms with E-state index in [9.17, 15) is 4.79 Å². The van der Waals surface area contributed by atoms with Crippen LogP contribution >= 0.6 is 23.2 Å². The first-order chi connectivity index (χ1) is 10.5. The highest BCUT2D eigenvalue weighted by molar-refractivity contribution is 6.39. The molecule has 1 heterocycles. The van der Waals surface area contributed by atoms with E-state index in [1.165, 1.54) is 0 Å². The number of fused-ring (bicyclic) bond motifs is 1. The first-order valence-electron chi connectivity index (χ1n) is 7.10. The second-order valence-electron chi connectivity index (χ2n) is 5.49. The molecule has 0 aliphatic carbocycles. The normalized spacial score (nSPS) is 11.3. The molecule has 22 heavy (non-hydrogen) atoms. The zero-order chi connectivity index (χ0) is 15.9. The largest absolute Gasteiger partial charge is 0.279 e. The number of pyridine rings is 1. The van der Waals surface area contributed by atoms with Gasteiger partial charge in [0.2, 0.25) is 0 Å². The Labute approximate surface area is 138 Å². The Morgan fingerprint density at radius 1 is 0.955 bits per heavy atom. The van der Waals surface area contributed by atoms with E-state index in [-0.39, 0.29) is 11.5 Å². The van der Waals surface area contributed by atoms with Gasteiger partial charge in [-0.05, 0) is 24.1 Å². The molecule has 0 saturated heterocycles. The SMILES string of the molecule is CC(C)c1c(Cl)c2cccc(Cl)c2c(=O)n1-c1ccccc1. The second-order valence-corrected chi connectivity index (χ2v) is 6.28. The molecule has 4 heteroatoms. The third-order valence-corrected chi connectivity index (χ3v) is 4.41. The van der Waals surface area contributed by atoms with Crippen LogP contribution in [0, 0.1) is 0 Å². The summed E-state index contributed by atoms with van der Waals surface area (Å²) in [7, 11) is 0. The van der Waals surface area contributed by atoms with E-state index in [1.807, 2.05) is 56.3 Å². The zero-order valence-corrected chi connectivity index (χ0v) is 13.8. The van der Waals surface area contributed by atoms with Crippen LogP contribution < -0.4 is 5.56 Å². The van der Waals surface area contributed by atoms with Gasteiger partial charge in [-0.3, -0.25) is 9.36 Å². The topological polar surface area (TPSA) is 22.0 Å². The van der Waals surface area contributed by atoms with Crippen molar-refractivity contribution in [2.24, 2.45) is 0 Å². The molecular weight excluding hydrogens is 317 g/mol. The third kappa shape index (κ3) is 2.33. The predicted octanol–water partition coefficient (Wildman–Crippen LogP) is 5.42. The van der Waals surface area contributed by atoms with Gasteiger partial charge in [0.05, 0.1) is 15.4 Å². The Bertz CT molecular complexity index is 898. The van der Waals surface area contributed by atoms with Crippen LogP contribution in [0.2, 0.25) is 10.0 Å². The number of aromatic nitrogens is 1. The first-order valence-corrected chi connectivity index (χ1v) is 7.86. The van der Waals surface area contributed by atoms with Crippen LogP contribution in [0.15, 0.2) is 53.3 Å². The van der Waals surface area contributed by atoms with Gasteiger partial charge < -0.3 is 0 Å². The van der Waals surface area contributed by atoms with Crippen molar-refractivity contribution in [3.05, 3.63) is 74.6 Å². The van der Waals surface area contributed by atoms with Crippen molar-refractivity contribution < 1.29 is 0 Å². The number of benzene rings is 2. The Hall–Kier alpha value is -1.77. The molecule has 1 aromatic heterocycles. The van der Waals surface area contributed by atoms with Crippen LogP contribution in [0.4, 0.5) is 0 Å². The lowest BCUT2D eigenvalue weighted by molar-refractivity contribution is 0.765. The fraction of sp³-hybridized carbons (Fsp3) is 0.167. The van der Waals surface area contributed by atoms with Crippen molar-refractivity contribution in [2.45, 2.75) is 19.8 Å². The van der Waals surface area contributed by atoms with Gasteiger partial charge in [0.25, 0.3) is 5.56 Å². The second kappa shape index (κ2) is 5.79. The molecule has 112 valence electrons. The van der Waals surface area contributed by atoms with Gasteiger partial charge in [0.15, 0.2) is 0 Å². The summed E-state index contributed by atoms with van der Waals surface area (Å²) in [6, 6.07) is 14.9. The number of halogens is 2. The number of nitrogens with zero attached hydrogens (tertiary/aromatic N) is 1. The molecule has 0 amide bonds. The molecule has 0 saturated carbocycles.